The van der Waals surface area contributed by atoms with Crippen LogP contribution in [-0.2, 0) is 6.54 Å². The number of hydrogen-bond donors (Lipinski definition) is 1. The molecule has 4 heterocycles. The number of carbonyl (C=O) groups excluding carboxylic acids is 1. The van der Waals surface area contributed by atoms with Crippen molar-refractivity contribution in [3.05, 3.63) is 129 Å². The van der Waals surface area contributed by atoms with Gasteiger partial charge in [0.15, 0.2) is 10.6 Å². The molecule has 4 aromatic heterocycles. The van der Waals surface area contributed by atoms with E-state index in [1.165, 1.54) is 11.3 Å². The minimum absolute atomic E-state index is 0.173. The van der Waals surface area contributed by atoms with E-state index < -0.39 is 0 Å². The molecule has 6 nitrogen and oxygen atoms in total. The van der Waals surface area contributed by atoms with Crippen LogP contribution in [0.1, 0.15) is 32.5 Å². The number of thiophene rings is 1. The van der Waals surface area contributed by atoms with Gasteiger partial charge < -0.3 is 9.88 Å². The first kappa shape index (κ1) is 21.9. The topological polar surface area (TPSA) is 72.2 Å². The maximum absolute atomic E-state index is 13.6. The van der Waals surface area contributed by atoms with E-state index in [0.29, 0.717) is 18.1 Å². The minimum atomic E-state index is -0.325. The molecule has 168 valence electrons. The van der Waals surface area contributed by atoms with Crippen LogP contribution in [0, 0.1) is 0 Å². The summed E-state index contributed by atoms with van der Waals surface area (Å²) < 4.78 is 1.95. The normalized spacial score (nSPS) is 12.4. The summed E-state index contributed by atoms with van der Waals surface area (Å²) in [6.07, 6.45) is 5.22. The van der Waals surface area contributed by atoms with Gasteiger partial charge in [0, 0.05) is 28.8 Å². The van der Waals surface area contributed by atoms with Crippen molar-refractivity contribution >= 4 is 34.4 Å². The summed E-state index contributed by atoms with van der Waals surface area (Å²) in [6, 6.07) is 23.1. The first-order valence-electron chi connectivity index (χ1n) is 10.7. The SMILES string of the molecule is O=C(NC(c1ccccc1)c1cccnc1)c1csc(=Nc2ccccn2)n1Cc1cccs1. The lowest BCUT2D eigenvalue weighted by molar-refractivity contribution is 0.0933. The molecule has 1 atom stereocenters. The Kier molecular flexibility index (Phi) is 6.69. The number of pyridine rings is 2. The number of thiazole rings is 1. The molecule has 0 radical (unpaired) electrons. The molecule has 1 N–H and O–H groups in total. The first-order chi connectivity index (χ1) is 16.8. The lowest BCUT2D eigenvalue weighted by Gasteiger charge is -2.20. The highest BCUT2D eigenvalue weighted by atomic mass is 32.1. The lowest BCUT2D eigenvalue weighted by Crippen LogP contribution is -2.32. The van der Waals surface area contributed by atoms with Crippen LogP contribution < -0.4 is 10.1 Å². The highest BCUT2D eigenvalue weighted by Crippen LogP contribution is 2.22. The van der Waals surface area contributed by atoms with Crippen molar-refractivity contribution in [3.8, 4) is 0 Å². The number of carbonyl (C=O) groups is 1. The fourth-order valence-electron chi connectivity index (χ4n) is 3.59. The number of benzene rings is 1. The van der Waals surface area contributed by atoms with Crippen LogP contribution in [0.2, 0.25) is 0 Å². The van der Waals surface area contributed by atoms with Gasteiger partial charge in [-0.1, -0.05) is 48.5 Å². The molecule has 5 aromatic rings. The van der Waals surface area contributed by atoms with E-state index in [1.54, 1.807) is 29.9 Å². The number of hydrogen-bond acceptors (Lipinski definition) is 6. The molecular weight excluding hydrogens is 462 g/mol. The molecule has 8 heteroatoms. The molecule has 0 aliphatic heterocycles. The second kappa shape index (κ2) is 10.4. The average Bonchev–Trinajstić information content (AvgIpc) is 3.55. The van der Waals surface area contributed by atoms with Crippen LogP contribution in [0.5, 0.6) is 0 Å². The average molecular weight is 484 g/mol. The summed E-state index contributed by atoms with van der Waals surface area (Å²) in [5.74, 6) is 0.432. The van der Waals surface area contributed by atoms with Gasteiger partial charge in [-0.05, 0) is 40.8 Å². The molecule has 34 heavy (non-hydrogen) atoms. The van der Waals surface area contributed by atoms with Crippen molar-refractivity contribution in [1.82, 2.24) is 19.9 Å². The standard InChI is InChI=1S/C26H21N5OS2/c32-25(30-24(19-8-2-1-3-9-19)20-10-6-13-27-16-20)22-18-34-26(29-23-12-4-5-14-28-23)31(22)17-21-11-7-15-33-21/h1-16,18,24H,17H2,(H,30,32). The van der Waals surface area contributed by atoms with Crippen molar-refractivity contribution in [2.45, 2.75) is 12.6 Å². The van der Waals surface area contributed by atoms with Gasteiger partial charge in [0.05, 0.1) is 12.6 Å². The Hall–Kier alpha value is -3.88. The number of rotatable bonds is 7. The second-order valence-electron chi connectivity index (χ2n) is 7.47. The van der Waals surface area contributed by atoms with Gasteiger partial charge in [-0.15, -0.1) is 22.7 Å². The summed E-state index contributed by atoms with van der Waals surface area (Å²) in [5, 5.41) is 7.11. The smallest absolute Gasteiger partial charge is 0.269 e. The van der Waals surface area contributed by atoms with Gasteiger partial charge in [-0.2, -0.15) is 0 Å². The second-order valence-corrected chi connectivity index (χ2v) is 9.34. The van der Waals surface area contributed by atoms with Crippen LogP contribution in [0.25, 0.3) is 0 Å². The fraction of sp³-hybridized carbons (Fsp3) is 0.0769. The molecular formula is C26H21N5OS2. The predicted molar refractivity (Wildman–Crippen MR) is 135 cm³/mol. The fourth-order valence-corrected chi connectivity index (χ4v) is 5.17. The third kappa shape index (κ3) is 5.03. The molecule has 1 unspecified atom stereocenters. The maximum Gasteiger partial charge on any atom is 0.269 e. The van der Waals surface area contributed by atoms with Crippen LogP contribution >= 0.6 is 22.7 Å². The molecule has 5 rings (SSSR count). The quantitative estimate of drug-likeness (QED) is 0.346. The summed E-state index contributed by atoms with van der Waals surface area (Å²) in [5.41, 5.74) is 2.46. The van der Waals surface area contributed by atoms with E-state index in [0.717, 1.165) is 20.8 Å². The molecule has 0 bridgehead atoms. The van der Waals surface area contributed by atoms with E-state index in [1.807, 2.05) is 82.1 Å². The molecule has 0 aliphatic rings. The Morgan fingerprint density at radius 2 is 1.79 bits per heavy atom. The van der Waals surface area contributed by atoms with E-state index >= 15 is 0 Å². The van der Waals surface area contributed by atoms with E-state index in [9.17, 15) is 4.79 Å². The van der Waals surface area contributed by atoms with Crippen LogP contribution in [0.15, 0.2) is 107 Å². The van der Waals surface area contributed by atoms with Gasteiger partial charge in [-0.25, -0.2) is 9.98 Å². The highest BCUT2D eigenvalue weighted by molar-refractivity contribution is 7.10. The molecule has 0 saturated heterocycles. The number of nitrogens with one attached hydrogen (secondary N) is 1. The number of aromatic nitrogens is 3. The summed E-state index contributed by atoms with van der Waals surface area (Å²) in [7, 11) is 0. The predicted octanol–water partition coefficient (Wildman–Crippen LogP) is 5.20. The Morgan fingerprint density at radius 1 is 0.941 bits per heavy atom. The minimum Gasteiger partial charge on any atom is -0.340 e. The van der Waals surface area contributed by atoms with Crippen molar-refractivity contribution in [2.24, 2.45) is 4.99 Å². The van der Waals surface area contributed by atoms with Gasteiger partial charge in [-0.3, -0.25) is 9.78 Å². The molecule has 1 amide bonds. The van der Waals surface area contributed by atoms with Gasteiger partial charge in [0.2, 0.25) is 0 Å². The summed E-state index contributed by atoms with van der Waals surface area (Å²) in [6.45, 7) is 0.554. The summed E-state index contributed by atoms with van der Waals surface area (Å²) >= 11 is 3.08. The van der Waals surface area contributed by atoms with Gasteiger partial charge in [0.25, 0.3) is 5.91 Å². The van der Waals surface area contributed by atoms with Crippen LogP contribution in [0.3, 0.4) is 0 Å². The highest BCUT2D eigenvalue weighted by Gasteiger charge is 2.21. The zero-order chi connectivity index (χ0) is 23.2. The van der Waals surface area contributed by atoms with Crippen LogP contribution in [0.4, 0.5) is 5.82 Å². The zero-order valence-electron chi connectivity index (χ0n) is 18.1. The number of nitrogens with zero attached hydrogens (tertiary/aromatic N) is 4. The van der Waals surface area contributed by atoms with Crippen molar-refractivity contribution in [3.63, 3.8) is 0 Å². The van der Waals surface area contributed by atoms with Crippen LogP contribution in [-0.4, -0.2) is 20.4 Å². The molecule has 0 aliphatic carbocycles. The van der Waals surface area contributed by atoms with E-state index in [2.05, 4.69) is 21.4 Å². The monoisotopic (exact) mass is 483 g/mol. The van der Waals surface area contributed by atoms with Gasteiger partial charge >= 0.3 is 0 Å². The van der Waals surface area contributed by atoms with Crippen molar-refractivity contribution < 1.29 is 4.79 Å². The zero-order valence-corrected chi connectivity index (χ0v) is 19.7. The number of amides is 1. The van der Waals surface area contributed by atoms with Crippen molar-refractivity contribution in [1.29, 1.82) is 0 Å². The Balaban J connectivity index is 1.53. The lowest BCUT2D eigenvalue weighted by atomic mass is 10.00. The Labute approximate surface area is 205 Å². The van der Waals surface area contributed by atoms with Gasteiger partial charge in [0.1, 0.15) is 5.69 Å². The molecule has 0 saturated carbocycles. The first-order valence-corrected chi connectivity index (χ1v) is 12.5. The third-order valence-electron chi connectivity index (χ3n) is 5.21. The molecule has 0 fully saturated rings. The molecule has 0 spiro atoms. The Morgan fingerprint density at radius 3 is 2.53 bits per heavy atom. The third-order valence-corrected chi connectivity index (χ3v) is 6.93. The van der Waals surface area contributed by atoms with Crippen molar-refractivity contribution in [2.75, 3.05) is 0 Å². The van der Waals surface area contributed by atoms with E-state index in [4.69, 9.17) is 4.99 Å². The largest absolute Gasteiger partial charge is 0.340 e. The summed E-state index contributed by atoms with van der Waals surface area (Å²) in [4.78, 5) is 28.8. The van der Waals surface area contributed by atoms with E-state index in [-0.39, 0.29) is 11.9 Å². The molecule has 1 aromatic carbocycles. The maximum atomic E-state index is 13.6. The Bertz CT molecular complexity index is 1370.